The molecule has 1 amide bonds. The van der Waals surface area contributed by atoms with E-state index in [1.807, 2.05) is 39.0 Å². The van der Waals surface area contributed by atoms with Crippen molar-refractivity contribution >= 4 is 11.6 Å². The molecule has 4 heteroatoms. The van der Waals surface area contributed by atoms with Gasteiger partial charge in [-0.1, -0.05) is 12.1 Å². The zero-order valence-electron chi connectivity index (χ0n) is 11.3. The minimum Gasteiger partial charge on any atom is -0.364 e. The second-order valence-electron chi connectivity index (χ2n) is 5.28. The van der Waals surface area contributed by atoms with Gasteiger partial charge in [0.15, 0.2) is 0 Å². The number of anilines is 1. The van der Waals surface area contributed by atoms with Crippen LogP contribution in [0.15, 0.2) is 24.3 Å². The van der Waals surface area contributed by atoms with Crippen LogP contribution in [0.5, 0.6) is 0 Å². The molecule has 1 rings (SSSR count). The Morgan fingerprint density at radius 2 is 2.00 bits per heavy atom. The summed E-state index contributed by atoms with van der Waals surface area (Å²) in [4.78, 5) is 13.6. The number of benzene rings is 1. The van der Waals surface area contributed by atoms with Crippen LogP contribution in [-0.2, 0) is 4.79 Å². The smallest absolute Gasteiger partial charge is 0.239 e. The van der Waals surface area contributed by atoms with Crippen molar-refractivity contribution < 1.29 is 4.79 Å². The van der Waals surface area contributed by atoms with Crippen molar-refractivity contribution in [1.29, 1.82) is 5.26 Å². The van der Waals surface area contributed by atoms with Gasteiger partial charge in [-0.2, -0.15) is 5.26 Å². The number of hydrogen-bond donors (Lipinski definition) is 1. The maximum atomic E-state index is 11.8. The summed E-state index contributed by atoms with van der Waals surface area (Å²) in [5.74, 6) is -0.0576. The molecule has 0 radical (unpaired) electrons. The fourth-order valence-corrected chi connectivity index (χ4v) is 1.66. The number of carbonyl (C=O) groups is 1. The molecule has 1 aromatic carbocycles. The molecule has 0 aliphatic carbocycles. The van der Waals surface area contributed by atoms with Gasteiger partial charge in [0.2, 0.25) is 5.91 Å². The number of nitriles is 1. The average Bonchev–Trinajstić information content (AvgIpc) is 2.26. The number of nitrogens with zero attached hydrogens (tertiary/aromatic N) is 2. The first-order valence-electron chi connectivity index (χ1n) is 5.85. The van der Waals surface area contributed by atoms with Crippen molar-refractivity contribution in [2.75, 3.05) is 18.5 Å². The molecule has 0 unspecified atom stereocenters. The highest BCUT2D eigenvalue weighted by Crippen LogP contribution is 2.17. The lowest BCUT2D eigenvalue weighted by atomic mass is 10.1. The molecule has 0 saturated carbocycles. The lowest BCUT2D eigenvalue weighted by Crippen LogP contribution is -2.45. The standard InChI is InChI=1S/C14H19N3O/c1-14(2,3)16-13(18)10-17(4)12-8-6-5-7-11(12)9-15/h5-8H,10H2,1-4H3,(H,16,18). The van der Waals surface area contributed by atoms with Crippen molar-refractivity contribution in [2.24, 2.45) is 0 Å². The van der Waals surface area contributed by atoms with Crippen molar-refractivity contribution in [3.05, 3.63) is 29.8 Å². The lowest BCUT2D eigenvalue weighted by molar-refractivity contribution is -0.121. The Labute approximate surface area is 108 Å². The Morgan fingerprint density at radius 3 is 2.56 bits per heavy atom. The SMILES string of the molecule is CN(CC(=O)NC(C)(C)C)c1ccccc1C#N. The molecule has 0 spiro atoms. The zero-order valence-corrected chi connectivity index (χ0v) is 11.3. The van der Waals surface area contributed by atoms with Crippen LogP contribution in [0.2, 0.25) is 0 Å². The first-order chi connectivity index (χ1) is 8.33. The fraction of sp³-hybridized carbons (Fsp3) is 0.429. The van der Waals surface area contributed by atoms with E-state index in [2.05, 4.69) is 11.4 Å². The highest BCUT2D eigenvalue weighted by Gasteiger charge is 2.16. The molecule has 0 aliphatic rings. The van der Waals surface area contributed by atoms with Crippen LogP contribution in [0.1, 0.15) is 26.3 Å². The molecule has 0 fully saturated rings. The predicted octanol–water partition coefficient (Wildman–Crippen LogP) is 1.91. The highest BCUT2D eigenvalue weighted by molar-refractivity contribution is 5.82. The number of carbonyl (C=O) groups excluding carboxylic acids is 1. The third-order valence-electron chi connectivity index (χ3n) is 2.33. The van der Waals surface area contributed by atoms with Gasteiger partial charge < -0.3 is 10.2 Å². The molecule has 0 aliphatic heterocycles. The van der Waals surface area contributed by atoms with Gasteiger partial charge in [-0.15, -0.1) is 0 Å². The van der Waals surface area contributed by atoms with Gasteiger partial charge in [-0.05, 0) is 32.9 Å². The molecule has 0 bridgehead atoms. The molecule has 96 valence electrons. The van der Waals surface area contributed by atoms with E-state index in [1.54, 1.807) is 18.0 Å². The number of likely N-dealkylation sites (N-methyl/N-ethyl adjacent to an activating group) is 1. The Morgan fingerprint density at radius 1 is 1.39 bits per heavy atom. The van der Waals surface area contributed by atoms with Crippen molar-refractivity contribution in [3.8, 4) is 6.07 Å². The molecule has 0 aromatic heterocycles. The van der Waals surface area contributed by atoms with Gasteiger partial charge in [0.1, 0.15) is 6.07 Å². The van der Waals surface area contributed by atoms with Crippen LogP contribution in [0.4, 0.5) is 5.69 Å². The van der Waals surface area contributed by atoms with E-state index in [0.29, 0.717) is 5.56 Å². The van der Waals surface area contributed by atoms with E-state index in [-0.39, 0.29) is 18.0 Å². The van der Waals surface area contributed by atoms with E-state index in [4.69, 9.17) is 5.26 Å². The molecule has 4 nitrogen and oxygen atoms in total. The molecule has 0 saturated heterocycles. The van der Waals surface area contributed by atoms with Crippen LogP contribution in [0.25, 0.3) is 0 Å². The highest BCUT2D eigenvalue weighted by atomic mass is 16.2. The van der Waals surface area contributed by atoms with Crippen molar-refractivity contribution in [2.45, 2.75) is 26.3 Å². The Kier molecular flexibility index (Phi) is 4.33. The molecular formula is C14H19N3O. The minimum atomic E-state index is -0.243. The van der Waals surface area contributed by atoms with Crippen LogP contribution in [-0.4, -0.2) is 25.0 Å². The van der Waals surface area contributed by atoms with Crippen molar-refractivity contribution in [1.82, 2.24) is 5.32 Å². The molecular weight excluding hydrogens is 226 g/mol. The van der Waals surface area contributed by atoms with E-state index in [9.17, 15) is 4.79 Å². The summed E-state index contributed by atoms with van der Waals surface area (Å²) in [7, 11) is 1.80. The summed E-state index contributed by atoms with van der Waals surface area (Å²) < 4.78 is 0. The molecule has 1 N–H and O–H groups in total. The Hall–Kier alpha value is -2.02. The van der Waals surface area contributed by atoms with Gasteiger partial charge >= 0.3 is 0 Å². The normalized spacial score (nSPS) is 10.6. The third kappa shape index (κ3) is 4.10. The minimum absolute atomic E-state index is 0.0576. The van der Waals surface area contributed by atoms with Gasteiger partial charge in [-0.3, -0.25) is 4.79 Å². The number of amides is 1. The van der Waals surface area contributed by atoms with Crippen molar-refractivity contribution in [3.63, 3.8) is 0 Å². The number of nitrogens with one attached hydrogen (secondary N) is 1. The molecule has 0 heterocycles. The quantitative estimate of drug-likeness (QED) is 0.885. The second-order valence-corrected chi connectivity index (χ2v) is 5.28. The topological polar surface area (TPSA) is 56.1 Å². The summed E-state index contributed by atoms with van der Waals surface area (Å²) in [6.45, 7) is 6.05. The number of para-hydroxylation sites is 1. The van der Waals surface area contributed by atoms with E-state index in [0.717, 1.165) is 5.69 Å². The largest absolute Gasteiger partial charge is 0.364 e. The summed E-state index contributed by atoms with van der Waals surface area (Å²) in [5.41, 5.74) is 1.10. The van der Waals surface area contributed by atoms with Gasteiger partial charge in [0.25, 0.3) is 0 Å². The van der Waals surface area contributed by atoms with E-state index in [1.165, 1.54) is 0 Å². The monoisotopic (exact) mass is 245 g/mol. The van der Waals surface area contributed by atoms with Crippen LogP contribution in [0.3, 0.4) is 0 Å². The maximum Gasteiger partial charge on any atom is 0.239 e. The average molecular weight is 245 g/mol. The summed E-state index contributed by atoms with van der Waals surface area (Å²) in [6.07, 6.45) is 0. The van der Waals surface area contributed by atoms with Gasteiger partial charge in [-0.25, -0.2) is 0 Å². The lowest BCUT2D eigenvalue weighted by Gasteiger charge is -2.24. The van der Waals surface area contributed by atoms with Gasteiger partial charge in [0.05, 0.1) is 17.8 Å². The first-order valence-corrected chi connectivity index (χ1v) is 5.85. The second kappa shape index (κ2) is 5.54. The number of hydrogen-bond acceptors (Lipinski definition) is 3. The van der Waals surface area contributed by atoms with Crippen LogP contribution >= 0.6 is 0 Å². The fourth-order valence-electron chi connectivity index (χ4n) is 1.66. The Balaban J connectivity index is 2.74. The number of rotatable bonds is 3. The molecule has 18 heavy (non-hydrogen) atoms. The Bertz CT molecular complexity index is 469. The van der Waals surface area contributed by atoms with Crippen LogP contribution in [0, 0.1) is 11.3 Å². The van der Waals surface area contributed by atoms with E-state index < -0.39 is 0 Å². The van der Waals surface area contributed by atoms with E-state index >= 15 is 0 Å². The predicted molar refractivity (Wildman–Crippen MR) is 72.3 cm³/mol. The third-order valence-corrected chi connectivity index (χ3v) is 2.33. The summed E-state index contributed by atoms with van der Waals surface area (Å²) in [5, 5.41) is 11.9. The summed E-state index contributed by atoms with van der Waals surface area (Å²) in [6, 6.07) is 9.37. The zero-order chi connectivity index (χ0) is 13.8. The first kappa shape index (κ1) is 14.0. The molecule has 0 atom stereocenters. The summed E-state index contributed by atoms with van der Waals surface area (Å²) >= 11 is 0. The maximum absolute atomic E-state index is 11.8. The van der Waals surface area contributed by atoms with Gasteiger partial charge in [0, 0.05) is 12.6 Å². The molecule has 1 aromatic rings. The van der Waals surface area contributed by atoms with Crippen LogP contribution < -0.4 is 10.2 Å².